The highest BCUT2D eigenvalue weighted by Gasteiger charge is 2.44. The molecule has 43 heavy (non-hydrogen) atoms. The van der Waals surface area contributed by atoms with Gasteiger partial charge in [0.25, 0.3) is 0 Å². The summed E-state index contributed by atoms with van der Waals surface area (Å²) in [6.07, 6.45) is -0.528. The Bertz CT molecular complexity index is 1430. The minimum Gasteiger partial charge on any atom is -0.469 e. The lowest BCUT2D eigenvalue weighted by molar-refractivity contribution is -0.170. The third kappa shape index (κ3) is 7.63. The number of rotatable bonds is 13. The van der Waals surface area contributed by atoms with Gasteiger partial charge in [-0.15, -0.1) is 0 Å². The molecule has 0 saturated heterocycles. The van der Waals surface area contributed by atoms with Crippen LogP contribution in [0.4, 0.5) is 0 Å². The molecule has 8 nitrogen and oxygen atoms in total. The molecule has 3 aromatic carbocycles. The number of carbonyl (C=O) groups excluding carboxylic acids is 5. The molecule has 0 N–H and O–H groups in total. The molecule has 226 valence electrons. The minimum atomic E-state index is -1.69. The van der Waals surface area contributed by atoms with Crippen molar-refractivity contribution in [1.29, 1.82) is 0 Å². The summed E-state index contributed by atoms with van der Waals surface area (Å²) in [6.45, 7) is 8.35. The first kappa shape index (κ1) is 33.3. The Morgan fingerprint density at radius 3 is 1.60 bits per heavy atom. The van der Waals surface area contributed by atoms with Crippen LogP contribution in [0.3, 0.4) is 0 Å². The molecule has 1 atom stereocenters. The van der Waals surface area contributed by atoms with E-state index in [9.17, 15) is 24.0 Å². The molecular weight excluding hydrogens is 567 g/mol. The van der Waals surface area contributed by atoms with Crippen molar-refractivity contribution >= 4 is 47.7 Å². The van der Waals surface area contributed by atoms with Gasteiger partial charge in [0.05, 0.1) is 26.2 Å². The van der Waals surface area contributed by atoms with Crippen LogP contribution in [0, 0.1) is 32.6 Å². The summed E-state index contributed by atoms with van der Waals surface area (Å²) in [6, 6.07) is 20.8. The molecule has 0 aliphatic heterocycles. The van der Waals surface area contributed by atoms with Crippen LogP contribution in [0.15, 0.2) is 66.7 Å². The average molecular weight is 605 g/mol. The van der Waals surface area contributed by atoms with Crippen molar-refractivity contribution in [2.45, 2.75) is 41.0 Å². The average Bonchev–Trinajstić information content (AvgIpc) is 2.97. The van der Waals surface area contributed by atoms with Crippen molar-refractivity contribution in [3.8, 4) is 0 Å². The topological polar surface area (TPSA) is 113 Å². The molecule has 9 heteroatoms. The highest BCUT2D eigenvalue weighted by Crippen LogP contribution is 2.41. The maximum absolute atomic E-state index is 14.4. The first-order valence-electron chi connectivity index (χ1n) is 14.1. The number of hydrogen-bond acceptors (Lipinski definition) is 8. The summed E-state index contributed by atoms with van der Waals surface area (Å²) in [5.41, 5.74) is 2.36. The zero-order valence-corrected chi connectivity index (χ0v) is 26.2. The number of methoxy groups -OCH3 is 1. The second-order valence-electron chi connectivity index (χ2n) is 9.94. The smallest absolute Gasteiger partial charge is 0.321 e. The number of hydrogen-bond donors (Lipinski definition) is 0. The number of carbonyl (C=O) groups is 5. The van der Waals surface area contributed by atoms with Crippen LogP contribution in [0.25, 0.3) is 0 Å². The predicted octanol–water partition coefficient (Wildman–Crippen LogP) is 4.99. The van der Waals surface area contributed by atoms with Crippen molar-refractivity contribution in [1.82, 2.24) is 0 Å². The number of Topliss-reactive ketones (excluding diaryl/α,β-unsaturated/α-hetero) is 1. The van der Waals surface area contributed by atoms with Gasteiger partial charge in [-0.05, 0) is 61.9 Å². The van der Waals surface area contributed by atoms with Crippen LogP contribution in [0.2, 0.25) is 0 Å². The zero-order chi connectivity index (χ0) is 31.7. The van der Waals surface area contributed by atoms with E-state index in [1.165, 1.54) is 0 Å². The molecule has 3 rings (SSSR count). The van der Waals surface area contributed by atoms with Gasteiger partial charge < -0.3 is 14.2 Å². The molecule has 0 aliphatic carbocycles. The van der Waals surface area contributed by atoms with Crippen molar-refractivity contribution in [3.05, 3.63) is 94.5 Å². The Labute approximate surface area is 253 Å². The van der Waals surface area contributed by atoms with E-state index in [2.05, 4.69) is 0 Å². The van der Waals surface area contributed by atoms with Crippen LogP contribution in [0.1, 0.15) is 57.7 Å². The number of esters is 3. The minimum absolute atomic E-state index is 0.0377. The van der Waals surface area contributed by atoms with Crippen LogP contribution < -0.4 is 10.6 Å². The molecule has 1 unspecified atom stereocenters. The van der Waals surface area contributed by atoms with Crippen molar-refractivity contribution < 1.29 is 38.2 Å². The van der Waals surface area contributed by atoms with E-state index < -0.39 is 49.9 Å². The largest absolute Gasteiger partial charge is 0.469 e. The lowest BCUT2D eigenvalue weighted by Gasteiger charge is -2.24. The van der Waals surface area contributed by atoms with Gasteiger partial charge in [-0.1, -0.05) is 66.7 Å². The summed E-state index contributed by atoms with van der Waals surface area (Å²) in [5.74, 6) is -6.56. The molecule has 0 saturated carbocycles. The summed E-state index contributed by atoms with van der Waals surface area (Å²) < 4.78 is 15.0. The van der Waals surface area contributed by atoms with E-state index in [1.807, 2.05) is 67.6 Å². The molecule has 0 amide bonds. The Morgan fingerprint density at radius 1 is 0.698 bits per heavy atom. The quantitative estimate of drug-likeness (QED) is 0.0882. The molecule has 3 aromatic rings. The maximum Gasteiger partial charge on any atom is 0.321 e. The van der Waals surface area contributed by atoms with Crippen LogP contribution >= 0.6 is 7.92 Å². The molecule has 0 bridgehead atoms. The lowest BCUT2D eigenvalue weighted by atomic mass is 9.83. The van der Waals surface area contributed by atoms with Gasteiger partial charge in [0.1, 0.15) is 0 Å². The number of benzene rings is 3. The van der Waals surface area contributed by atoms with E-state index in [4.69, 9.17) is 14.2 Å². The lowest BCUT2D eigenvalue weighted by Crippen LogP contribution is -2.40. The summed E-state index contributed by atoms with van der Waals surface area (Å²) in [5, 5.41) is 1.75. The Hall–Kier alpha value is -4.16. The predicted molar refractivity (Wildman–Crippen MR) is 165 cm³/mol. The zero-order valence-electron chi connectivity index (χ0n) is 25.3. The van der Waals surface area contributed by atoms with Crippen LogP contribution in [-0.2, 0) is 28.6 Å². The maximum atomic E-state index is 14.4. The molecule has 0 aromatic heterocycles. The van der Waals surface area contributed by atoms with E-state index >= 15 is 0 Å². The highest BCUT2D eigenvalue weighted by molar-refractivity contribution is 7.88. The van der Waals surface area contributed by atoms with Crippen molar-refractivity contribution in [2.75, 3.05) is 20.3 Å². The van der Waals surface area contributed by atoms with E-state index in [0.717, 1.165) is 23.3 Å². The third-order valence-electron chi connectivity index (χ3n) is 7.09. The Morgan fingerprint density at radius 2 is 1.16 bits per heavy atom. The summed E-state index contributed by atoms with van der Waals surface area (Å²) in [7, 11) is -0.362. The van der Waals surface area contributed by atoms with Gasteiger partial charge >= 0.3 is 17.9 Å². The van der Waals surface area contributed by atoms with Crippen LogP contribution in [-0.4, -0.2) is 49.5 Å². The van der Waals surface area contributed by atoms with Gasteiger partial charge in [0.2, 0.25) is 0 Å². The first-order chi connectivity index (χ1) is 20.6. The highest BCUT2D eigenvalue weighted by atomic mass is 31.1. The molecular formula is C34H37O8P. The van der Waals surface area contributed by atoms with Crippen molar-refractivity contribution in [3.63, 3.8) is 0 Å². The molecule has 0 radical (unpaired) electrons. The van der Waals surface area contributed by atoms with Gasteiger partial charge in [0.15, 0.2) is 17.2 Å². The fraction of sp³-hybridized carbons (Fsp3) is 0.324. The number of ether oxygens (including phenoxy) is 3. The SMILES string of the molecule is CCOC(=O)C(C(=O)OCC)C(CC(=O)c1c(C)cc(C)c(C(=O)P(c2ccccc2)c2ccccc2)c1C)C(=O)OC. The number of aryl methyl sites for hydroxylation is 2. The van der Waals surface area contributed by atoms with E-state index in [-0.39, 0.29) is 24.3 Å². The van der Waals surface area contributed by atoms with E-state index in [1.54, 1.807) is 33.8 Å². The van der Waals surface area contributed by atoms with Crippen molar-refractivity contribution in [2.24, 2.45) is 11.8 Å². The summed E-state index contributed by atoms with van der Waals surface area (Å²) in [4.78, 5) is 66.9. The molecule has 0 aliphatic rings. The number of ketones is 1. The first-order valence-corrected chi connectivity index (χ1v) is 15.4. The van der Waals surface area contributed by atoms with Gasteiger partial charge in [-0.25, -0.2) is 0 Å². The fourth-order valence-corrected chi connectivity index (χ4v) is 7.55. The normalized spacial score (nSPS) is 11.6. The molecule has 0 spiro atoms. The second-order valence-corrected chi connectivity index (χ2v) is 12.0. The van der Waals surface area contributed by atoms with E-state index in [0.29, 0.717) is 16.7 Å². The van der Waals surface area contributed by atoms with Gasteiger partial charge in [0, 0.05) is 25.5 Å². The van der Waals surface area contributed by atoms with Crippen LogP contribution in [0.5, 0.6) is 0 Å². The fourth-order valence-electron chi connectivity index (χ4n) is 5.27. The summed E-state index contributed by atoms with van der Waals surface area (Å²) >= 11 is 0. The third-order valence-corrected chi connectivity index (χ3v) is 9.35. The second kappa shape index (κ2) is 15.4. The van der Waals surface area contributed by atoms with Gasteiger partial charge in [-0.3, -0.25) is 24.0 Å². The van der Waals surface area contributed by atoms with Gasteiger partial charge in [-0.2, -0.15) is 0 Å². The Kier molecular flexibility index (Phi) is 11.9. The monoisotopic (exact) mass is 604 g/mol. The molecule has 0 fully saturated rings. The molecule has 0 heterocycles. The Balaban J connectivity index is 2.12. The standard InChI is InChI=1S/C34H37O8P/c1-7-41-32(37)30(33(38)42-8-2)26(31(36)40-6)20-27(35)28-21(3)19-22(4)29(23(28)5)34(39)43(24-15-11-9-12-16-24)25-17-13-10-14-18-25/h9-19,26,30H,7-8,20H2,1-6H3.